The molecule has 2 fully saturated rings. The Morgan fingerprint density at radius 2 is 1.50 bits per heavy atom. The zero-order chi connectivity index (χ0) is 31.0. The smallest absolute Gasteiger partial charge is 0.475 e. The van der Waals surface area contributed by atoms with Crippen molar-refractivity contribution >= 4 is 23.7 Å². The number of carbonyl (C=O) groups excluding carboxylic acids is 3. The van der Waals surface area contributed by atoms with E-state index >= 15 is 0 Å². The minimum Gasteiger partial charge on any atom is -0.475 e. The second kappa shape index (κ2) is 14.3. The van der Waals surface area contributed by atoms with Crippen molar-refractivity contribution in [1.29, 1.82) is 0 Å². The second-order valence-electron chi connectivity index (χ2n) is 10.9. The van der Waals surface area contributed by atoms with Crippen LogP contribution in [0.5, 0.6) is 0 Å². The van der Waals surface area contributed by atoms with Crippen LogP contribution in [0.2, 0.25) is 0 Å². The molecule has 12 heteroatoms. The molecule has 4 N–H and O–H groups in total. The standard InChI is InChI=1S/C28H36N4O3.C2HF3O2/c1-19(2)17-25(33)31-16-15-22-13-14-24(32(22)28(35)23(29)18-31)27(34)30-26(20-9-5-3-6-10-20)21-11-7-4-8-12-21;3-2(4,5)1(6)7/h3-12,19,22-24,26H,13-18,29H2,1-2H3,(H,30,34);(H,6,7)/t22-,23+,24?;/m1./s1. The number of nitrogens with zero attached hydrogens (tertiary/aromatic N) is 2. The third-order valence-corrected chi connectivity index (χ3v) is 7.26. The molecule has 0 saturated carbocycles. The normalized spacial score (nSPS) is 20.8. The molecule has 2 aromatic rings. The maximum Gasteiger partial charge on any atom is 0.490 e. The number of carboxylic acid groups (broad SMARTS) is 1. The second-order valence-corrected chi connectivity index (χ2v) is 10.9. The lowest BCUT2D eigenvalue weighted by Gasteiger charge is -2.38. The van der Waals surface area contributed by atoms with Gasteiger partial charge in [0.2, 0.25) is 17.7 Å². The Hall–Kier alpha value is -3.93. The van der Waals surface area contributed by atoms with Gasteiger partial charge in [0, 0.05) is 25.6 Å². The number of nitrogens with one attached hydrogen (secondary N) is 1. The molecular formula is C30H37F3N4O5. The van der Waals surface area contributed by atoms with Crippen LogP contribution < -0.4 is 11.1 Å². The highest BCUT2D eigenvalue weighted by atomic mass is 19.4. The zero-order valence-corrected chi connectivity index (χ0v) is 23.6. The fourth-order valence-corrected chi connectivity index (χ4v) is 5.25. The molecule has 4 rings (SSSR count). The molecule has 2 aliphatic heterocycles. The van der Waals surface area contributed by atoms with E-state index in [2.05, 4.69) is 5.32 Å². The van der Waals surface area contributed by atoms with E-state index in [1.165, 1.54) is 0 Å². The van der Waals surface area contributed by atoms with E-state index in [1.807, 2.05) is 74.5 Å². The number of halogens is 3. The number of carbonyl (C=O) groups is 4. The lowest BCUT2D eigenvalue weighted by atomic mass is 9.98. The first-order valence-electron chi connectivity index (χ1n) is 13.9. The SMILES string of the molecule is CC(C)CC(=O)N1CC[C@H]2CCC(C(=O)NC(c3ccccc3)c3ccccc3)N2C(=O)[C@@H](N)C1.O=C(O)C(F)(F)F. The van der Waals surface area contributed by atoms with Crippen LogP contribution >= 0.6 is 0 Å². The number of alkyl halides is 3. The quantitative estimate of drug-likeness (QED) is 0.472. The number of carboxylic acids is 1. The molecule has 2 aliphatic rings. The average molecular weight is 591 g/mol. The van der Waals surface area contributed by atoms with Gasteiger partial charge in [-0.2, -0.15) is 13.2 Å². The highest BCUT2D eigenvalue weighted by Gasteiger charge is 2.44. The van der Waals surface area contributed by atoms with Crippen LogP contribution in [-0.4, -0.2) is 76.0 Å². The number of hydrogen-bond acceptors (Lipinski definition) is 5. The zero-order valence-electron chi connectivity index (χ0n) is 23.6. The summed E-state index contributed by atoms with van der Waals surface area (Å²) in [7, 11) is 0. The van der Waals surface area contributed by atoms with Crippen molar-refractivity contribution in [3.63, 3.8) is 0 Å². The molecular weight excluding hydrogens is 553 g/mol. The van der Waals surface area contributed by atoms with Crippen LogP contribution in [0.1, 0.15) is 56.7 Å². The van der Waals surface area contributed by atoms with Crippen LogP contribution in [0.25, 0.3) is 0 Å². The monoisotopic (exact) mass is 590 g/mol. The molecule has 0 aliphatic carbocycles. The molecule has 0 radical (unpaired) electrons. The summed E-state index contributed by atoms with van der Waals surface area (Å²) in [6.45, 7) is 4.76. The van der Waals surface area contributed by atoms with Gasteiger partial charge in [-0.25, -0.2) is 4.79 Å². The summed E-state index contributed by atoms with van der Waals surface area (Å²) < 4.78 is 31.7. The van der Waals surface area contributed by atoms with Crippen molar-refractivity contribution in [1.82, 2.24) is 15.1 Å². The summed E-state index contributed by atoms with van der Waals surface area (Å²) in [6.07, 6.45) is -2.66. The van der Waals surface area contributed by atoms with Gasteiger partial charge in [0.15, 0.2) is 0 Å². The highest BCUT2D eigenvalue weighted by Crippen LogP contribution is 2.31. The fourth-order valence-electron chi connectivity index (χ4n) is 5.25. The topological polar surface area (TPSA) is 133 Å². The first-order valence-corrected chi connectivity index (χ1v) is 13.9. The van der Waals surface area contributed by atoms with Crippen molar-refractivity contribution in [2.24, 2.45) is 11.7 Å². The van der Waals surface area contributed by atoms with Gasteiger partial charge in [-0.3, -0.25) is 14.4 Å². The van der Waals surface area contributed by atoms with Gasteiger partial charge in [-0.15, -0.1) is 0 Å². The number of nitrogens with two attached hydrogens (primary N) is 1. The third kappa shape index (κ3) is 8.54. The van der Waals surface area contributed by atoms with Gasteiger partial charge in [0.05, 0.1) is 6.04 Å². The summed E-state index contributed by atoms with van der Waals surface area (Å²) in [4.78, 5) is 52.0. The van der Waals surface area contributed by atoms with Crippen LogP contribution in [0.4, 0.5) is 13.2 Å². The van der Waals surface area contributed by atoms with Gasteiger partial charge < -0.3 is 26.0 Å². The van der Waals surface area contributed by atoms with Crippen molar-refractivity contribution < 1.29 is 37.5 Å². The van der Waals surface area contributed by atoms with Crippen molar-refractivity contribution in [2.75, 3.05) is 13.1 Å². The van der Waals surface area contributed by atoms with E-state index in [4.69, 9.17) is 15.6 Å². The molecule has 9 nitrogen and oxygen atoms in total. The fraction of sp³-hybridized carbons (Fsp3) is 0.467. The van der Waals surface area contributed by atoms with Crippen molar-refractivity contribution in [3.8, 4) is 0 Å². The van der Waals surface area contributed by atoms with Gasteiger partial charge in [0.1, 0.15) is 12.1 Å². The highest BCUT2D eigenvalue weighted by molar-refractivity contribution is 5.91. The molecule has 2 heterocycles. The Kier molecular flexibility index (Phi) is 11.1. The van der Waals surface area contributed by atoms with E-state index in [0.29, 0.717) is 25.8 Å². The van der Waals surface area contributed by atoms with E-state index < -0.39 is 24.2 Å². The number of fused-ring (bicyclic) bond motifs is 1. The molecule has 0 spiro atoms. The molecule has 42 heavy (non-hydrogen) atoms. The summed E-state index contributed by atoms with van der Waals surface area (Å²) in [5.74, 6) is -2.88. The van der Waals surface area contributed by atoms with Crippen LogP contribution in [0.3, 0.4) is 0 Å². The number of rotatable bonds is 6. The summed E-state index contributed by atoms with van der Waals surface area (Å²) in [5, 5.41) is 10.3. The van der Waals surface area contributed by atoms with E-state index in [-0.39, 0.29) is 42.3 Å². The maximum absolute atomic E-state index is 13.6. The first kappa shape index (κ1) is 32.6. The minimum absolute atomic E-state index is 0.0394. The van der Waals surface area contributed by atoms with Crippen LogP contribution in [0, 0.1) is 5.92 Å². The van der Waals surface area contributed by atoms with Gasteiger partial charge in [0.25, 0.3) is 0 Å². The molecule has 0 bridgehead atoms. The van der Waals surface area contributed by atoms with Crippen molar-refractivity contribution in [3.05, 3.63) is 71.8 Å². The summed E-state index contributed by atoms with van der Waals surface area (Å²) in [6, 6.07) is 17.9. The predicted octanol–water partition coefficient (Wildman–Crippen LogP) is 3.49. The molecule has 228 valence electrons. The number of aliphatic carboxylic acids is 1. The minimum atomic E-state index is -5.08. The van der Waals surface area contributed by atoms with E-state index in [0.717, 1.165) is 17.5 Å². The number of hydrogen-bond donors (Lipinski definition) is 3. The molecule has 1 unspecified atom stereocenters. The number of amides is 3. The Bertz CT molecular complexity index is 1190. The van der Waals surface area contributed by atoms with E-state index in [9.17, 15) is 27.6 Å². The molecule has 2 saturated heterocycles. The Morgan fingerprint density at radius 1 is 0.976 bits per heavy atom. The van der Waals surface area contributed by atoms with Gasteiger partial charge in [-0.05, 0) is 36.3 Å². The Morgan fingerprint density at radius 3 is 1.98 bits per heavy atom. The van der Waals surface area contributed by atoms with Crippen molar-refractivity contribution in [2.45, 2.75) is 69.9 Å². The molecule has 2 aromatic carbocycles. The molecule has 3 amide bonds. The summed E-state index contributed by atoms with van der Waals surface area (Å²) in [5.41, 5.74) is 8.26. The van der Waals surface area contributed by atoms with E-state index in [1.54, 1.807) is 9.80 Å². The maximum atomic E-state index is 13.6. The third-order valence-electron chi connectivity index (χ3n) is 7.26. The largest absolute Gasteiger partial charge is 0.490 e. The van der Waals surface area contributed by atoms with Crippen LogP contribution in [-0.2, 0) is 19.2 Å². The number of benzene rings is 2. The first-order chi connectivity index (χ1) is 19.8. The Balaban J connectivity index is 0.000000616. The van der Waals surface area contributed by atoms with Crippen LogP contribution in [0.15, 0.2) is 60.7 Å². The lowest BCUT2D eigenvalue weighted by Crippen LogP contribution is -2.59. The molecule has 3 atom stereocenters. The van der Waals surface area contributed by atoms with Gasteiger partial charge >= 0.3 is 12.1 Å². The lowest BCUT2D eigenvalue weighted by molar-refractivity contribution is -0.192. The predicted molar refractivity (Wildman–Crippen MR) is 149 cm³/mol. The molecule has 0 aromatic heterocycles. The average Bonchev–Trinajstić information content (AvgIpc) is 3.36. The Labute approximate surface area is 242 Å². The summed E-state index contributed by atoms with van der Waals surface area (Å²) >= 11 is 0. The van der Waals surface area contributed by atoms with Gasteiger partial charge in [-0.1, -0.05) is 74.5 Å².